The van der Waals surface area contributed by atoms with Crippen molar-refractivity contribution in [2.24, 2.45) is 0 Å². The number of benzene rings is 3. The molecule has 6 nitrogen and oxygen atoms in total. The molecule has 0 fully saturated rings. The number of carbonyl (C=O) groups excluding carboxylic acids is 1. The van der Waals surface area contributed by atoms with Crippen LogP contribution in [-0.4, -0.2) is 22.9 Å². The number of nitrogens with zero attached hydrogens (tertiary/aromatic N) is 2. The topological polar surface area (TPSA) is 76.1 Å². The number of nitrogens with one attached hydrogen (secondary N) is 2. The molecule has 3 aromatic carbocycles. The van der Waals surface area contributed by atoms with Crippen LogP contribution in [0.3, 0.4) is 0 Å². The summed E-state index contributed by atoms with van der Waals surface area (Å²) in [5.41, 5.74) is 1.04. The molecule has 29 heavy (non-hydrogen) atoms. The monoisotopic (exact) mass is 388 g/mol. The van der Waals surface area contributed by atoms with Crippen LogP contribution in [0.4, 0.5) is 15.9 Å². The van der Waals surface area contributed by atoms with E-state index in [0.717, 1.165) is 10.8 Å². The Morgan fingerprint density at radius 1 is 1.00 bits per heavy atom. The van der Waals surface area contributed by atoms with Gasteiger partial charge < -0.3 is 15.4 Å². The molecule has 0 atom stereocenters. The first-order valence-electron chi connectivity index (χ1n) is 8.90. The highest BCUT2D eigenvalue weighted by Gasteiger charge is 2.11. The molecule has 144 valence electrons. The number of ether oxygens (including phenoxy) is 1. The fraction of sp³-hybridized carbons (Fsp3) is 0.0455. The Hall–Kier alpha value is -4.00. The molecule has 4 rings (SSSR count). The summed E-state index contributed by atoms with van der Waals surface area (Å²) in [6.07, 6.45) is 1.42. The van der Waals surface area contributed by atoms with Crippen LogP contribution >= 0.6 is 0 Å². The SMILES string of the molecule is CNc1cc(Oc2ccc3c(C(=O)Nc4ccc(F)cc4)cccc3c2)ncn1. The molecule has 0 saturated heterocycles. The highest BCUT2D eigenvalue weighted by molar-refractivity contribution is 6.13. The minimum absolute atomic E-state index is 0.273. The lowest BCUT2D eigenvalue weighted by Crippen LogP contribution is -2.12. The summed E-state index contributed by atoms with van der Waals surface area (Å²) in [7, 11) is 1.76. The molecule has 0 radical (unpaired) electrons. The number of hydrogen-bond donors (Lipinski definition) is 2. The maximum absolute atomic E-state index is 13.1. The van der Waals surface area contributed by atoms with Crippen molar-refractivity contribution in [3.8, 4) is 11.6 Å². The van der Waals surface area contributed by atoms with E-state index in [1.54, 1.807) is 31.3 Å². The van der Waals surface area contributed by atoms with Crippen molar-refractivity contribution < 1.29 is 13.9 Å². The van der Waals surface area contributed by atoms with Gasteiger partial charge in [0, 0.05) is 24.4 Å². The molecular formula is C22H17FN4O2. The zero-order valence-corrected chi connectivity index (χ0v) is 15.5. The van der Waals surface area contributed by atoms with Gasteiger partial charge in [-0.15, -0.1) is 0 Å². The molecule has 0 spiro atoms. The van der Waals surface area contributed by atoms with Crippen LogP contribution < -0.4 is 15.4 Å². The van der Waals surface area contributed by atoms with Gasteiger partial charge in [0.05, 0.1) is 0 Å². The predicted molar refractivity (Wildman–Crippen MR) is 110 cm³/mol. The second-order valence-corrected chi connectivity index (χ2v) is 6.24. The highest BCUT2D eigenvalue weighted by atomic mass is 19.1. The third-order valence-corrected chi connectivity index (χ3v) is 4.32. The molecule has 0 aliphatic rings. The Balaban J connectivity index is 1.60. The standard InChI is InChI=1S/C22H17FN4O2/c1-24-20-12-21(26-13-25-20)29-17-9-10-18-14(11-17)3-2-4-19(18)22(28)27-16-7-5-15(23)6-8-16/h2-13H,1H3,(H,27,28)(H,24,25,26). The Kier molecular flexibility index (Phi) is 5.03. The van der Waals surface area contributed by atoms with E-state index in [4.69, 9.17) is 4.74 Å². The molecule has 0 aliphatic carbocycles. The Morgan fingerprint density at radius 3 is 2.62 bits per heavy atom. The lowest BCUT2D eigenvalue weighted by Gasteiger charge is -2.10. The van der Waals surface area contributed by atoms with E-state index in [9.17, 15) is 9.18 Å². The van der Waals surface area contributed by atoms with Crippen LogP contribution in [0.1, 0.15) is 10.4 Å². The average Bonchev–Trinajstić information content (AvgIpc) is 2.75. The van der Waals surface area contributed by atoms with Gasteiger partial charge in [0.1, 0.15) is 23.7 Å². The molecule has 0 bridgehead atoms. The number of fused-ring (bicyclic) bond motifs is 1. The van der Waals surface area contributed by atoms with Gasteiger partial charge >= 0.3 is 0 Å². The molecule has 0 aliphatic heterocycles. The van der Waals surface area contributed by atoms with E-state index in [1.165, 1.54) is 30.6 Å². The van der Waals surface area contributed by atoms with E-state index < -0.39 is 0 Å². The molecule has 7 heteroatoms. The van der Waals surface area contributed by atoms with Gasteiger partial charge in [-0.3, -0.25) is 4.79 Å². The van der Waals surface area contributed by atoms with Gasteiger partial charge in [-0.25, -0.2) is 14.4 Å². The summed E-state index contributed by atoms with van der Waals surface area (Å²) < 4.78 is 18.9. The van der Waals surface area contributed by atoms with Gasteiger partial charge in [0.15, 0.2) is 0 Å². The molecule has 1 aromatic heterocycles. The summed E-state index contributed by atoms with van der Waals surface area (Å²) in [6, 6.07) is 18.2. The summed E-state index contributed by atoms with van der Waals surface area (Å²) >= 11 is 0. The van der Waals surface area contributed by atoms with Crippen LogP contribution in [0, 0.1) is 5.82 Å². The summed E-state index contributed by atoms with van der Waals surface area (Å²) in [5.74, 6) is 1.02. The van der Waals surface area contributed by atoms with Crippen LogP contribution in [-0.2, 0) is 0 Å². The van der Waals surface area contributed by atoms with Gasteiger partial charge in [-0.2, -0.15) is 0 Å². The summed E-state index contributed by atoms with van der Waals surface area (Å²) in [5, 5.41) is 7.33. The number of amides is 1. The van der Waals surface area contributed by atoms with Crippen molar-refractivity contribution in [3.05, 3.63) is 84.4 Å². The molecule has 0 unspecified atom stereocenters. The molecule has 2 N–H and O–H groups in total. The van der Waals surface area contributed by atoms with E-state index in [0.29, 0.717) is 28.7 Å². The third kappa shape index (κ3) is 4.14. The van der Waals surface area contributed by atoms with E-state index in [2.05, 4.69) is 20.6 Å². The van der Waals surface area contributed by atoms with Crippen molar-refractivity contribution in [2.75, 3.05) is 17.7 Å². The minimum Gasteiger partial charge on any atom is -0.439 e. The van der Waals surface area contributed by atoms with Gasteiger partial charge in [-0.05, 0) is 59.3 Å². The number of hydrogen-bond acceptors (Lipinski definition) is 5. The number of anilines is 2. The van der Waals surface area contributed by atoms with Crippen molar-refractivity contribution in [2.45, 2.75) is 0 Å². The molecule has 4 aromatic rings. The highest BCUT2D eigenvalue weighted by Crippen LogP contribution is 2.27. The summed E-state index contributed by atoms with van der Waals surface area (Å²) in [6.45, 7) is 0. The van der Waals surface area contributed by atoms with Gasteiger partial charge in [0.2, 0.25) is 5.88 Å². The Labute approximate surface area is 166 Å². The average molecular weight is 388 g/mol. The van der Waals surface area contributed by atoms with Crippen molar-refractivity contribution in [1.82, 2.24) is 9.97 Å². The van der Waals surface area contributed by atoms with Crippen LogP contribution in [0.25, 0.3) is 10.8 Å². The second-order valence-electron chi connectivity index (χ2n) is 6.24. The Morgan fingerprint density at radius 2 is 1.83 bits per heavy atom. The maximum atomic E-state index is 13.1. The zero-order valence-electron chi connectivity index (χ0n) is 15.5. The number of aromatic nitrogens is 2. The van der Waals surface area contributed by atoms with Gasteiger partial charge in [-0.1, -0.05) is 12.1 Å². The number of rotatable bonds is 5. The number of carbonyl (C=O) groups is 1. The lowest BCUT2D eigenvalue weighted by molar-refractivity contribution is 0.102. The quantitative estimate of drug-likeness (QED) is 0.511. The molecule has 1 heterocycles. The first kappa shape index (κ1) is 18.4. The normalized spacial score (nSPS) is 10.6. The van der Waals surface area contributed by atoms with Crippen molar-refractivity contribution in [1.29, 1.82) is 0 Å². The molecular weight excluding hydrogens is 371 g/mol. The smallest absolute Gasteiger partial charge is 0.256 e. The summed E-state index contributed by atoms with van der Waals surface area (Å²) in [4.78, 5) is 20.8. The van der Waals surface area contributed by atoms with E-state index in [1.807, 2.05) is 18.2 Å². The maximum Gasteiger partial charge on any atom is 0.256 e. The third-order valence-electron chi connectivity index (χ3n) is 4.32. The van der Waals surface area contributed by atoms with Crippen LogP contribution in [0.2, 0.25) is 0 Å². The minimum atomic E-state index is -0.355. The first-order valence-corrected chi connectivity index (χ1v) is 8.90. The fourth-order valence-electron chi connectivity index (χ4n) is 2.91. The van der Waals surface area contributed by atoms with Crippen LogP contribution in [0.15, 0.2) is 73.1 Å². The largest absolute Gasteiger partial charge is 0.439 e. The lowest BCUT2D eigenvalue weighted by atomic mass is 10.0. The van der Waals surface area contributed by atoms with E-state index in [-0.39, 0.29) is 11.7 Å². The Bertz CT molecular complexity index is 1180. The van der Waals surface area contributed by atoms with Crippen molar-refractivity contribution >= 4 is 28.2 Å². The van der Waals surface area contributed by atoms with E-state index >= 15 is 0 Å². The van der Waals surface area contributed by atoms with Crippen LogP contribution in [0.5, 0.6) is 11.6 Å². The van der Waals surface area contributed by atoms with Crippen molar-refractivity contribution in [3.63, 3.8) is 0 Å². The predicted octanol–water partition coefficient (Wildman–Crippen LogP) is 4.86. The van der Waals surface area contributed by atoms with Gasteiger partial charge in [0.25, 0.3) is 5.91 Å². The fourth-order valence-corrected chi connectivity index (χ4v) is 2.91. The number of halogens is 1. The molecule has 0 saturated carbocycles. The molecule has 1 amide bonds. The first-order chi connectivity index (χ1) is 14.1. The second kappa shape index (κ2) is 7.93. The zero-order chi connectivity index (χ0) is 20.2.